The number of carbonyl (C=O) groups excluding carboxylic acids is 2. The molecule has 2 amide bonds. The Bertz CT molecular complexity index is 614. The van der Waals surface area contributed by atoms with E-state index in [1.54, 1.807) is 0 Å². The monoisotopic (exact) mass is 363 g/mol. The number of benzene rings is 1. The van der Waals surface area contributed by atoms with Crippen LogP contribution in [0.1, 0.15) is 39.7 Å². The van der Waals surface area contributed by atoms with E-state index in [0.717, 1.165) is 16.9 Å². The maximum atomic E-state index is 12.6. The van der Waals surface area contributed by atoms with Crippen molar-refractivity contribution < 1.29 is 14.3 Å². The Labute approximate surface area is 157 Å². The molecule has 0 aliphatic heterocycles. The van der Waals surface area contributed by atoms with Crippen LogP contribution in [0.4, 0.5) is 11.4 Å². The lowest BCUT2D eigenvalue weighted by molar-refractivity contribution is -0.138. The summed E-state index contributed by atoms with van der Waals surface area (Å²) >= 11 is 0. The van der Waals surface area contributed by atoms with Crippen LogP contribution in [0.25, 0.3) is 0 Å². The van der Waals surface area contributed by atoms with E-state index in [-0.39, 0.29) is 24.5 Å². The molecule has 146 valence electrons. The van der Waals surface area contributed by atoms with Gasteiger partial charge in [-0.3, -0.25) is 9.59 Å². The predicted octanol–water partition coefficient (Wildman–Crippen LogP) is 3.12. The van der Waals surface area contributed by atoms with Crippen molar-refractivity contribution in [2.45, 2.75) is 46.7 Å². The van der Waals surface area contributed by atoms with Gasteiger partial charge in [-0.25, -0.2) is 0 Å². The van der Waals surface area contributed by atoms with Crippen LogP contribution in [0.3, 0.4) is 0 Å². The molecule has 1 atom stereocenters. The summed E-state index contributed by atoms with van der Waals surface area (Å²) in [5.41, 5.74) is 2.75. The van der Waals surface area contributed by atoms with E-state index in [2.05, 4.69) is 26.1 Å². The first-order valence-electron chi connectivity index (χ1n) is 9.09. The van der Waals surface area contributed by atoms with Gasteiger partial charge in [0.1, 0.15) is 6.61 Å². The fraction of sp³-hybridized carbons (Fsp3) is 0.600. The van der Waals surface area contributed by atoms with Gasteiger partial charge in [-0.15, -0.1) is 0 Å². The summed E-state index contributed by atoms with van der Waals surface area (Å²) in [5.74, 6) is 0.249. The zero-order valence-corrected chi connectivity index (χ0v) is 17.1. The van der Waals surface area contributed by atoms with Gasteiger partial charge in [0.2, 0.25) is 11.8 Å². The highest BCUT2D eigenvalue weighted by atomic mass is 16.5. The Morgan fingerprint density at radius 3 is 2.35 bits per heavy atom. The van der Waals surface area contributed by atoms with Crippen LogP contribution < -0.4 is 10.2 Å². The molecule has 0 aliphatic carbocycles. The summed E-state index contributed by atoms with van der Waals surface area (Å²) in [7, 11) is 5.47. The lowest BCUT2D eigenvalue weighted by atomic mass is 10.0. The number of amides is 2. The Kier molecular flexibility index (Phi) is 8.58. The number of carbonyl (C=O) groups is 2. The Balaban J connectivity index is 3.23. The maximum absolute atomic E-state index is 12.6. The van der Waals surface area contributed by atoms with E-state index in [1.807, 2.05) is 49.0 Å². The molecule has 1 rings (SSSR count). The minimum Gasteiger partial charge on any atom is -0.377 e. The smallest absolute Gasteiger partial charge is 0.249 e. The van der Waals surface area contributed by atoms with Crippen molar-refractivity contribution in [1.29, 1.82) is 0 Å². The fourth-order valence-corrected chi connectivity index (χ4v) is 2.68. The average molecular weight is 364 g/mol. The molecule has 0 aliphatic rings. The number of hydrogen-bond acceptors (Lipinski definition) is 4. The summed E-state index contributed by atoms with van der Waals surface area (Å²) in [4.78, 5) is 28.2. The molecule has 0 fully saturated rings. The third kappa shape index (κ3) is 6.02. The van der Waals surface area contributed by atoms with Gasteiger partial charge in [0.25, 0.3) is 0 Å². The van der Waals surface area contributed by atoms with Gasteiger partial charge in [0, 0.05) is 51.6 Å². The topological polar surface area (TPSA) is 61.9 Å². The number of rotatable bonds is 9. The summed E-state index contributed by atoms with van der Waals surface area (Å²) in [5, 5.41) is 2.89. The molecule has 0 radical (unpaired) electrons. The van der Waals surface area contributed by atoms with E-state index in [4.69, 9.17) is 4.74 Å². The molecule has 26 heavy (non-hydrogen) atoms. The molecular weight excluding hydrogens is 330 g/mol. The van der Waals surface area contributed by atoms with Crippen LogP contribution in [-0.4, -0.2) is 50.6 Å². The highest BCUT2D eigenvalue weighted by molar-refractivity contribution is 5.91. The molecule has 0 saturated heterocycles. The first-order chi connectivity index (χ1) is 12.2. The third-order valence-corrected chi connectivity index (χ3v) is 4.55. The van der Waals surface area contributed by atoms with Crippen molar-refractivity contribution in [3.63, 3.8) is 0 Å². The average Bonchev–Trinajstić information content (AvgIpc) is 2.58. The highest BCUT2D eigenvalue weighted by Crippen LogP contribution is 2.26. The van der Waals surface area contributed by atoms with Gasteiger partial charge in [-0.05, 0) is 36.6 Å². The quantitative estimate of drug-likeness (QED) is 0.732. The molecule has 0 heterocycles. The Morgan fingerprint density at radius 1 is 1.19 bits per heavy atom. The molecule has 0 saturated carbocycles. The van der Waals surface area contributed by atoms with Crippen LogP contribution in [0.2, 0.25) is 0 Å². The van der Waals surface area contributed by atoms with E-state index >= 15 is 0 Å². The van der Waals surface area contributed by atoms with Gasteiger partial charge in [-0.1, -0.05) is 20.8 Å². The van der Waals surface area contributed by atoms with E-state index in [1.165, 1.54) is 7.11 Å². The van der Waals surface area contributed by atoms with Crippen LogP contribution in [0.5, 0.6) is 0 Å². The number of ether oxygens (including phenoxy) is 1. The number of anilines is 2. The number of hydrogen-bond donors (Lipinski definition) is 1. The normalized spacial score (nSPS) is 12.0. The molecule has 0 unspecified atom stereocenters. The number of methoxy groups -OCH3 is 1. The largest absolute Gasteiger partial charge is 0.377 e. The van der Waals surface area contributed by atoms with Crippen LogP contribution in [0.15, 0.2) is 18.2 Å². The second kappa shape index (κ2) is 10.2. The molecule has 0 bridgehead atoms. The van der Waals surface area contributed by atoms with E-state index < -0.39 is 0 Å². The zero-order valence-electron chi connectivity index (χ0n) is 17.1. The van der Waals surface area contributed by atoms with E-state index in [9.17, 15) is 9.59 Å². The Hall–Kier alpha value is -2.08. The second-order valence-corrected chi connectivity index (χ2v) is 7.08. The Morgan fingerprint density at radius 2 is 1.85 bits per heavy atom. The molecule has 1 aromatic rings. The summed E-state index contributed by atoms with van der Waals surface area (Å²) < 4.78 is 5.06. The molecule has 1 N–H and O–H groups in total. The van der Waals surface area contributed by atoms with Crippen molar-refractivity contribution in [2.75, 3.05) is 38.0 Å². The SMILES string of the molecule is CCC(=O)Nc1ccc(N(C)C)c(CN(C(=O)COC)[C@H](C)C(C)C)c1. The van der Waals surface area contributed by atoms with Crippen molar-refractivity contribution in [3.8, 4) is 0 Å². The number of nitrogens with one attached hydrogen (secondary N) is 1. The van der Waals surface area contributed by atoms with Crippen LogP contribution in [0, 0.1) is 5.92 Å². The maximum Gasteiger partial charge on any atom is 0.249 e. The highest BCUT2D eigenvalue weighted by Gasteiger charge is 2.24. The fourth-order valence-electron chi connectivity index (χ4n) is 2.68. The first-order valence-corrected chi connectivity index (χ1v) is 9.09. The lowest BCUT2D eigenvalue weighted by Crippen LogP contribution is -2.43. The van der Waals surface area contributed by atoms with Crippen molar-refractivity contribution in [1.82, 2.24) is 4.90 Å². The predicted molar refractivity (Wildman–Crippen MR) is 106 cm³/mol. The van der Waals surface area contributed by atoms with Gasteiger partial charge in [0.05, 0.1) is 0 Å². The third-order valence-electron chi connectivity index (χ3n) is 4.55. The standard InChI is InChI=1S/C20H33N3O3/c1-8-19(24)21-17-9-10-18(22(5)6)16(11-17)12-23(15(4)14(2)3)20(25)13-26-7/h9-11,14-15H,8,12-13H2,1-7H3,(H,21,24)/t15-/m1/s1. The van der Waals surface area contributed by atoms with Crippen molar-refractivity contribution in [2.24, 2.45) is 5.92 Å². The molecule has 0 spiro atoms. The molecule has 0 aromatic heterocycles. The minimum atomic E-state index is -0.0404. The zero-order chi connectivity index (χ0) is 19.9. The van der Waals surface area contributed by atoms with E-state index in [0.29, 0.717) is 18.9 Å². The van der Waals surface area contributed by atoms with Gasteiger partial charge in [-0.2, -0.15) is 0 Å². The second-order valence-electron chi connectivity index (χ2n) is 7.08. The van der Waals surface area contributed by atoms with Crippen LogP contribution in [-0.2, 0) is 20.9 Å². The minimum absolute atomic E-state index is 0.0311. The summed E-state index contributed by atoms with van der Waals surface area (Å²) in [6.45, 7) is 8.59. The lowest BCUT2D eigenvalue weighted by Gasteiger charge is -2.33. The first kappa shape index (κ1) is 22.0. The summed E-state index contributed by atoms with van der Waals surface area (Å²) in [6, 6.07) is 5.88. The van der Waals surface area contributed by atoms with Gasteiger partial charge < -0.3 is 19.9 Å². The van der Waals surface area contributed by atoms with Gasteiger partial charge >= 0.3 is 0 Å². The molecule has 6 heteroatoms. The molecule has 6 nitrogen and oxygen atoms in total. The van der Waals surface area contributed by atoms with Crippen molar-refractivity contribution >= 4 is 23.2 Å². The van der Waals surface area contributed by atoms with Crippen LogP contribution >= 0.6 is 0 Å². The number of nitrogens with zero attached hydrogens (tertiary/aromatic N) is 2. The van der Waals surface area contributed by atoms with Gasteiger partial charge in [0.15, 0.2) is 0 Å². The summed E-state index contributed by atoms with van der Waals surface area (Å²) in [6.07, 6.45) is 0.424. The molecule has 1 aromatic carbocycles. The molecular formula is C20H33N3O3. The van der Waals surface area contributed by atoms with Crippen molar-refractivity contribution in [3.05, 3.63) is 23.8 Å².